The molecule has 0 saturated carbocycles. The Morgan fingerprint density at radius 1 is 1.44 bits per heavy atom. The van der Waals surface area contributed by atoms with E-state index in [9.17, 15) is 0 Å². The fraction of sp³-hybridized carbons (Fsp3) is 0.167. The minimum Gasteiger partial charge on any atom is -0.494 e. The SMILES string of the molecule is COc1cccc2oc(Cn3cc(N)cn3)nc12. The Balaban J connectivity index is 1.98. The highest BCUT2D eigenvalue weighted by molar-refractivity contribution is 5.79. The molecule has 3 aromatic rings. The summed E-state index contributed by atoms with van der Waals surface area (Å²) in [6.45, 7) is 0.440. The predicted molar refractivity (Wildman–Crippen MR) is 66.3 cm³/mol. The first-order chi connectivity index (χ1) is 8.76. The lowest BCUT2D eigenvalue weighted by molar-refractivity contribution is 0.419. The molecule has 0 amide bonds. The van der Waals surface area contributed by atoms with Gasteiger partial charge in [-0.3, -0.25) is 4.68 Å². The Morgan fingerprint density at radius 3 is 3.06 bits per heavy atom. The van der Waals surface area contributed by atoms with Crippen molar-refractivity contribution >= 4 is 16.8 Å². The summed E-state index contributed by atoms with van der Waals surface area (Å²) in [7, 11) is 1.61. The first-order valence-corrected chi connectivity index (χ1v) is 5.46. The van der Waals surface area contributed by atoms with Crippen molar-refractivity contribution in [2.45, 2.75) is 6.54 Å². The number of nitrogens with two attached hydrogens (primary N) is 1. The summed E-state index contributed by atoms with van der Waals surface area (Å²) in [4.78, 5) is 4.39. The van der Waals surface area contributed by atoms with Crippen LogP contribution in [0.3, 0.4) is 0 Å². The second-order valence-electron chi connectivity index (χ2n) is 3.89. The zero-order chi connectivity index (χ0) is 12.5. The smallest absolute Gasteiger partial charge is 0.217 e. The van der Waals surface area contributed by atoms with Gasteiger partial charge in [-0.25, -0.2) is 4.98 Å². The predicted octanol–water partition coefficient (Wildman–Crippen LogP) is 1.66. The van der Waals surface area contributed by atoms with E-state index in [1.54, 1.807) is 24.2 Å². The van der Waals surface area contributed by atoms with Crippen LogP contribution in [0.1, 0.15) is 5.89 Å². The molecular weight excluding hydrogens is 232 g/mol. The molecule has 6 heteroatoms. The number of hydrogen-bond acceptors (Lipinski definition) is 5. The van der Waals surface area contributed by atoms with Crippen LogP contribution >= 0.6 is 0 Å². The van der Waals surface area contributed by atoms with E-state index in [-0.39, 0.29) is 0 Å². The van der Waals surface area contributed by atoms with Gasteiger partial charge in [0, 0.05) is 6.20 Å². The Kier molecular flexibility index (Phi) is 2.40. The van der Waals surface area contributed by atoms with Gasteiger partial charge >= 0.3 is 0 Å². The third kappa shape index (κ3) is 1.77. The zero-order valence-electron chi connectivity index (χ0n) is 9.83. The van der Waals surface area contributed by atoms with Crippen molar-refractivity contribution in [2.24, 2.45) is 0 Å². The lowest BCUT2D eigenvalue weighted by Crippen LogP contribution is -1.99. The van der Waals surface area contributed by atoms with Crippen molar-refractivity contribution in [3.8, 4) is 5.75 Å². The quantitative estimate of drug-likeness (QED) is 0.758. The van der Waals surface area contributed by atoms with Crippen molar-refractivity contribution in [2.75, 3.05) is 12.8 Å². The minimum atomic E-state index is 0.440. The maximum absolute atomic E-state index is 5.63. The van der Waals surface area contributed by atoms with Crippen LogP contribution in [-0.2, 0) is 6.54 Å². The van der Waals surface area contributed by atoms with Crippen LogP contribution in [-0.4, -0.2) is 21.9 Å². The number of aromatic nitrogens is 3. The number of anilines is 1. The van der Waals surface area contributed by atoms with Crippen molar-refractivity contribution in [3.05, 3.63) is 36.5 Å². The van der Waals surface area contributed by atoms with Crippen LogP contribution in [0, 0.1) is 0 Å². The molecule has 0 aliphatic carbocycles. The highest BCUT2D eigenvalue weighted by Crippen LogP contribution is 2.25. The van der Waals surface area contributed by atoms with Gasteiger partial charge in [-0.2, -0.15) is 5.10 Å². The summed E-state index contributed by atoms with van der Waals surface area (Å²) in [6, 6.07) is 5.56. The van der Waals surface area contributed by atoms with Gasteiger partial charge in [-0.05, 0) is 12.1 Å². The molecule has 0 spiro atoms. The topological polar surface area (TPSA) is 79.1 Å². The zero-order valence-corrected chi connectivity index (χ0v) is 9.83. The summed E-state index contributed by atoms with van der Waals surface area (Å²) in [5.74, 6) is 1.26. The molecule has 0 fully saturated rings. The molecule has 2 N–H and O–H groups in total. The third-order valence-corrected chi connectivity index (χ3v) is 2.60. The Hall–Kier alpha value is -2.50. The van der Waals surface area contributed by atoms with Crippen LogP contribution in [0.5, 0.6) is 5.75 Å². The number of oxazole rings is 1. The van der Waals surface area contributed by atoms with Gasteiger partial charge in [0.2, 0.25) is 5.89 Å². The van der Waals surface area contributed by atoms with E-state index in [0.717, 1.165) is 5.52 Å². The van der Waals surface area contributed by atoms with Crippen molar-refractivity contribution in [1.29, 1.82) is 0 Å². The second kappa shape index (κ2) is 4.06. The third-order valence-electron chi connectivity index (χ3n) is 2.60. The molecule has 6 nitrogen and oxygen atoms in total. The molecule has 0 unspecified atom stereocenters. The van der Waals surface area contributed by atoms with E-state index < -0.39 is 0 Å². The lowest BCUT2D eigenvalue weighted by atomic mass is 10.3. The highest BCUT2D eigenvalue weighted by Gasteiger charge is 2.10. The highest BCUT2D eigenvalue weighted by atomic mass is 16.5. The number of ether oxygens (including phenoxy) is 1. The van der Waals surface area contributed by atoms with E-state index >= 15 is 0 Å². The molecule has 2 aromatic heterocycles. The van der Waals surface area contributed by atoms with Crippen molar-refractivity contribution in [1.82, 2.24) is 14.8 Å². The average Bonchev–Trinajstić information content (AvgIpc) is 2.94. The number of benzene rings is 1. The molecule has 0 radical (unpaired) electrons. The summed E-state index contributed by atoms with van der Waals surface area (Å²) >= 11 is 0. The molecular formula is C12H12N4O2. The van der Waals surface area contributed by atoms with Gasteiger partial charge in [0.25, 0.3) is 0 Å². The van der Waals surface area contributed by atoms with Crippen LogP contribution in [0.2, 0.25) is 0 Å². The Morgan fingerprint density at radius 2 is 2.33 bits per heavy atom. The van der Waals surface area contributed by atoms with Gasteiger partial charge in [-0.1, -0.05) is 6.07 Å². The van der Waals surface area contributed by atoms with Gasteiger partial charge in [0.1, 0.15) is 12.3 Å². The Labute approximate surface area is 103 Å². The Bertz CT molecular complexity index is 686. The van der Waals surface area contributed by atoms with Gasteiger partial charge in [0.05, 0.1) is 19.0 Å². The number of rotatable bonds is 3. The standard InChI is InChI=1S/C12H12N4O2/c1-17-9-3-2-4-10-12(9)15-11(18-10)7-16-6-8(13)5-14-16/h2-6H,7,13H2,1H3. The number of nitrogens with zero attached hydrogens (tertiary/aromatic N) is 3. The lowest BCUT2D eigenvalue weighted by Gasteiger charge is -1.96. The monoisotopic (exact) mass is 244 g/mol. The summed E-state index contributed by atoms with van der Waals surface area (Å²) in [6.07, 6.45) is 3.31. The minimum absolute atomic E-state index is 0.440. The molecule has 0 aliphatic rings. The van der Waals surface area contributed by atoms with Gasteiger partial charge < -0.3 is 14.9 Å². The van der Waals surface area contributed by atoms with Crippen LogP contribution in [0.4, 0.5) is 5.69 Å². The molecule has 0 aliphatic heterocycles. The number of hydrogen-bond donors (Lipinski definition) is 1. The molecule has 92 valence electrons. The van der Waals surface area contributed by atoms with Gasteiger partial charge in [0.15, 0.2) is 11.1 Å². The molecule has 0 saturated heterocycles. The number of para-hydroxylation sites is 1. The molecule has 1 aromatic carbocycles. The van der Waals surface area contributed by atoms with Crippen LogP contribution in [0.15, 0.2) is 35.0 Å². The number of fused-ring (bicyclic) bond motifs is 1. The molecule has 0 atom stereocenters. The fourth-order valence-electron chi connectivity index (χ4n) is 1.81. The van der Waals surface area contributed by atoms with Crippen molar-refractivity contribution < 1.29 is 9.15 Å². The number of nitrogen functional groups attached to an aromatic ring is 1. The average molecular weight is 244 g/mol. The molecule has 18 heavy (non-hydrogen) atoms. The normalized spacial score (nSPS) is 10.9. The second-order valence-corrected chi connectivity index (χ2v) is 3.89. The maximum atomic E-state index is 5.63. The maximum Gasteiger partial charge on any atom is 0.217 e. The van der Waals surface area contributed by atoms with Crippen LogP contribution in [0.25, 0.3) is 11.1 Å². The van der Waals surface area contributed by atoms with E-state index in [1.165, 1.54) is 0 Å². The summed E-state index contributed by atoms with van der Waals surface area (Å²) in [5.41, 5.74) is 7.63. The summed E-state index contributed by atoms with van der Waals surface area (Å²) < 4.78 is 12.5. The van der Waals surface area contributed by atoms with E-state index in [1.807, 2.05) is 18.2 Å². The van der Waals surface area contributed by atoms with E-state index in [2.05, 4.69) is 10.1 Å². The number of methoxy groups -OCH3 is 1. The first kappa shape index (κ1) is 10.6. The van der Waals surface area contributed by atoms with Gasteiger partial charge in [-0.15, -0.1) is 0 Å². The fourth-order valence-corrected chi connectivity index (χ4v) is 1.81. The van der Waals surface area contributed by atoms with E-state index in [4.69, 9.17) is 14.9 Å². The van der Waals surface area contributed by atoms with Crippen molar-refractivity contribution in [3.63, 3.8) is 0 Å². The molecule has 0 bridgehead atoms. The van der Waals surface area contributed by atoms with E-state index in [0.29, 0.717) is 29.5 Å². The first-order valence-electron chi connectivity index (χ1n) is 5.46. The molecule has 2 heterocycles. The molecule has 3 rings (SSSR count). The summed E-state index contributed by atoms with van der Waals surface area (Å²) in [5, 5.41) is 4.08. The van der Waals surface area contributed by atoms with Crippen LogP contribution < -0.4 is 10.5 Å². The largest absolute Gasteiger partial charge is 0.494 e.